The van der Waals surface area contributed by atoms with Crippen LogP contribution in [-0.4, -0.2) is 5.78 Å². The molecule has 0 aliphatic heterocycles. The first-order valence-corrected chi connectivity index (χ1v) is 8.39. The summed E-state index contributed by atoms with van der Waals surface area (Å²) < 4.78 is 0. The number of carbonyl (C=O) groups excluding carboxylic acids is 1. The monoisotopic (exact) mass is 299 g/mol. The summed E-state index contributed by atoms with van der Waals surface area (Å²) in [5.74, 6) is 0.905. The molecule has 0 saturated heterocycles. The van der Waals surface area contributed by atoms with E-state index in [0.29, 0.717) is 23.5 Å². The van der Waals surface area contributed by atoms with Crippen LogP contribution in [0.25, 0.3) is 0 Å². The fourth-order valence-corrected chi connectivity index (χ4v) is 3.04. The fraction of sp³-hybridized carbons (Fsp3) is 0.550. The normalized spacial score (nSPS) is 21.2. The van der Waals surface area contributed by atoms with Gasteiger partial charge in [0.15, 0.2) is 5.78 Å². The van der Waals surface area contributed by atoms with E-state index < -0.39 is 0 Å². The molecule has 1 saturated carbocycles. The molecule has 1 aliphatic carbocycles. The van der Waals surface area contributed by atoms with Gasteiger partial charge in [-0.2, -0.15) is 0 Å². The maximum atomic E-state index is 12.2. The van der Waals surface area contributed by atoms with Crippen LogP contribution in [0.1, 0.15) is 57.6 Å². The summed E-state index contributed by atoms with van der Waals surface area (Å²) in [6.45, 7) is 11.1. The topological polar surface area (TPSA) is 29.1 Å². The van der Waals surface area contributed by atoms with Gasteiger partial charge in [0.25, 0.3) is 0 Å². The number of rotatable bonds is 4. The highest BCUT2D eigenvalue weighted by atomic mass is 16.1. The van der Waals surface area contributed by atoms with Crippen LogP contribution < -0.4 is 5.32 Å². The van der Waals surface area contributed by atoms with E-state index >= 15 is 0 Å². The van der Waals surface area contributed by atoms with Crippen molar-refractivity contribution in [3.05, 3.63) is 41.1 Å². The number of Topliss-reactive ketones (excluding diaryl/α,β-unsaturated/α-hetero) is 1. The quantitative estimate of drug-likeness (QED) is 0.754. The summed E-state index contributed by atoms with van der Waals surface area (Å²) in [5, 5.41) is 3.32. The number of hydrogen-bond acceptors (Lipinski definition) is 2. The van der Waals surface area contributed by atoms with E-state index in [2.05, 4.69) is 58.1 Å². The molecule has 0 unspecified atom stereocenters. The molecule has 1 aliphatic rings. The number of nitrogens with one attached hydrogen (secondary N) is 1. The van der Waals surface area contributed by atoms with Gasteiger partial charge in [0.2, 0.25) is 0 Å². The molecule has 0 radical (unpaired) electrons. The van der Waals surface area contributed by atoms with E-state index in [-0.39, 0.29) is 0 Å². The van der Waals surface area contributed by atoms with Crippen molar-refractivity contribution >= 4 is 11.5 Å². The molecule has 0 spiro atoms. The second-order valence-electron chi connectivity index (χ2n) is 7.32. The highest BCUT2D eigenvalue weighted by molar-refractivity contribution is 5.96. The van der Waals surface area contributed by atoms with Crippen LogP contribution in [0.5, 0.6) is 0 Å². The number of benzene rings is 1. The van der Waals surface area contributed by atoms with Crippen LogP contribution in [0.15, 0.2) is 30.0 Å². The highest BCUT2D eigenvalue weighted by Crippen LogP contribution is 2.41. The molecule has 0 amide bonds. The number of allylic oxidation sites excluding steroid dienone is 1. The zero-order chi connectivity index (χ0) is 16.3. The first-order valence-electron chi connectivity index (χ1n) is 8.39. The molecule has 120 valence electrons. The molecule has 1 atom stereocenters. The first kappa shape index (κ1) is 16.8. The lowest BCUT2D eigenvalue weighted by molar-refractivity contribution is -0.117. The maximum Gasteiger partial charge on any atom is 0.160 e. The standard InChI is InChI=1S/C20H29NO/c1-6-20(4,5)17-8-10-19(22)16(12-17)13-21-18-9-7-14(2)15(3)11-18/h7,9,11,13,17,21H,6,8,10,12H2,1-5H3/b16-13+/t17-/m0/s1. The molecule has 0 bridgehead atoms. The highest BCUT2D eigenvalue weighted by Gasteiger charge is 2.33. The Morgan fingerprint density at radius 1 is 1.27 bits per heavy atom. The van der Waals surface area contributed by atoms with Crippen molar-refractivity contribution < 1.29 is 4.79 Å². The molecule has 1 fully saturated rings. The van der Waals surface area contributed by atoms with Crippen LogP contribution in [0.2, 0.25) is 0 Å². The van der Waals surface area contributed by atoms with Gasteiger partial charge in [0, 0.05) is 23.9 Å². The maximum absolute atomic E-state index is 12.2. The molecule has 0 heterocycles. The minimum absolute atomic E-state index is 0.305. The van der Waals surface area contributed by atoms with E-state index in [0.717, 1.165) is 30.5 Å². The van der Waals surface area contributed by atoms with Crippen molar-refractivity contribution in [3.63, 3.8) is 0 Å². The summed E-state index contributed by atoms with van der Waals surface area (Å²) >= 11 is 0. The number of ketones is 1. The second kappa shape index (κ2) is 6.68. The molecule has 1 aromatic carbocycles. The number of aryl methyl sites for hydroxylation is 2. The van der Waals surface area contributed by atoms with Gasteiger partial charge in [-0.05, 0) is 61.3 Å². The Kier molecular flexibility index (Phi) is 5.10. The minimum Gasteiger partial charge on any atom is -0.361 e. The van der Waals surface area contributed by atoms with Crippen molar-refractivity contribution in [1.82, 2.24) is 0 Å². The van der Waals surface area contributed by atoms with E-state index in [9.17, 15) is 4.79 Å². The van der Waals surface area contributed by atoms with Crippen LogP contribution in [0.3, 0.4) is 0 Å². The number of anilines is 1. The van der Waals surface area contributed by atoms with Crippen LogP contribution in [0.4, 0.5) is 5.69 Å². The Balaban J connectivity index is 2.11. The van der Waals surface area contributed by atoms with Gasteiger partial charge in [0.05, 0.1) is 0 Å². The van der Waals surface area contributed by atoms with Crippen LogP contribution in [-0.2, 0) is 4.79 Å². The SMILES string of the molecule is CCC(C)(C)[C@H]1CCC(=O)/C(=C/Nc2ccc(C)c(C)c2)C1. The van der Waals surface area contributed by atoms with Gasteiger partial charge < -0.3 is 5.32 Å². The van der Waals surface area contributed by atoms with Crippen molar-refractivity contribution in [2.24, 2.45) is 11.3 Å². The van der Waals surface area contributed by atoms with E-state index in [1.54, 1.807) is 0 Å². The molecule has 2 rings (SSSR count). The molecule has 1 aromatic rings. The van der Waals surface area contributed by atoms with Crippen molar-refractivity contribution in [2.45, 2.75) is 60.3 Å². The average molecular weight is 299 g/mol. The zero-order valence-corrected chi connectivity index (χ0v) is 14.6. The second-order valence-corrected chi connectivity index (χ2v) is 7.32. The van der Waals surface area contributed by atoms with Gasteiger partial charge in [-0.15, -0.1) is 0 Å². The minimum atomic E-state index is 0.305. The predicted molar refractivity (Wildman–Crippen MR) is 94.0 cm³/mol. The molecule has 1 N–H and O–H groups in total. The molecular weight excluding hydrogens is 270 g/mol. The first-order chi connectivity index (χ1) is 10.3. The predicted octanol–water partition coefficient (Wildman–Crippen LogP) is 5.40. The third-order valence-electron chi connectivity index (χ3n) is 5.48. The van der Waals surface area contributed by atoms with Crippen molar-refractivity contribution in [1.29, 1.82) is 0 Å². The summed E-state index contributed by atoms with van der Waals surface area (Å²) in [6.07, 6.45) is 5.71. The lowest BCUT2D eigenvalue weighted by Gasteiger charge is -2.36. The Hall–Kier alpha value is -1.57. The summed E-state index contributed by atoms with van der Waals surface area (Å²) in [7, 11) is 0. The van der Waals surface area contributed by atoms with Crippen molar-refractivity contribution in [3.8, 4) is 0 Å². The Bertz CT molecular complexity index is 583. The number of hydrogen-bond donors (Lipinski definition) is 1. The van der Waals surface area contributed by atoms with Crippen molar-refractivity contribution in [2.75, 3.05) is 5.32 Å². The summed E-state index contributed by atoms with van der Waals surface area (Å²) in [4.78, 5) is 12.2. The Morgan fingerprint density at radius 3 is 2.64 bits per heavy atom. The number of carbonyl (C=O) groups is 1. The van der Waals surface area contributed by atoms with E-state index in [1.165, 1.54) is 11.1 Å². The van der Waals surface area contributed by atoms with Gasteiger partial charge in [-0.1, -0.05) is 33.3 Å². The smallest absolute Gasteiger partial charge is 0.160 e. The third-order valence-corrected chi connectivity index (χ3v) is 5.48. The molecular formula is C20H29NO. The Morgan fingerprint density at radius 2 is 2.00 bits per heavy atom. The average Bonchev–Trinajstić information content (AvgIpc) is 2.49. The van der Waals surface area contributed by atoms with Gasteiger partial charge in [-0.3, -0.25) is 4.79 Å². The fourth-order valence-electron chi connectivity index (χ4n) is 3.04. The summed E-state index contributed by atoms with van der Waals surface area (Å²) in [6, 6.07) is 6.31. The summed E-state index contributed by atoms with van der Waals surface area (Å²) in [5.41, 5.74) is 4.87. The molecule has 0 aromatic heterocycles. The molecule has 2 heteroatoms. The lowest BCUT2D eigenvalue weighted by atomic mass is 9.68. The largest absolute Gasteiger partial charge is 0.361 e. The zero-order valence-electron chi connectivity index (χ0n) is 14.6. The third kappa shape index (κ3) is 3.79. The molecule has 22 heavy (non-hydrogen) atoms. The van der Waals surface area contributed by atoms with Gasteiger partial charge in [-0.25, -0.2) is 0 Å². The van der Waals surface area contributed by atoms with Crippen LogP contribution >= 0.6 is 0 Å². The van der Waals surface area contributed by atoms with E-state index in [4.69, 9.17) is 0 Å². The van der Waals surface area contributed by atoms with Gasteiger partial charge in [0.1, 0.15) is 0 Å². The van der Waals surface area contributed by atoms with Gasteiger partial charge >= 0.3 is 0 Å². The van der Waals surface area contributed by atoms with E-state index in [1.807, 2.05) is 6.20 Å². The molecule has 2 nitrogen and oxygen atoms in total. The van der Waals surface area contributed by atoms with Crippen LogP contribution in [0, 0.1) is 25.2 Å². The Labute approximate surface area is 135 Å². The lowest BCUT2D eigenvalue weighted by Crippen LogP contribution is -2.29.